The molecule has 0 spiro atoms. The van der Waals surface area contributed by atoms with Crippen molar-refractivity contribution in [2.24, 2.45) is 5.92 Å². The van der Waals surface area contributed by atoms with Gasteiger partial charge < -0.3 is 15.0 Å². The fourth-order valence-electron chi connectivity index (χ4n) is 4.71. The zero-order valence-electron chi connectivity index (χ0n) is 19.5. The van der Waals surface area contributed by atoms with Crippen LogP contribution in [0.25, 0.3) is 10.9 Å². The summed E-state index contributed by atoms with van der Waals surface area (Å²) >= 11 is 0. The van der Waals surface area contributed by atoms with Crippen LogP contribution in [0.3, 0.4) is 0 Å². The van der Waals surface area contributed by atoms with Crippen LogP contribution in [-0.4, -0.2) is 22.5 Å². The monoisotopic (exact) mass is 447 g/mol. The molecule has 0 bridgehead atoms. The number of nitrogens with zero attached hydrogens (tertiary/aromatic N) is 1. The maximum Gasteiger partial charge on any atom is 0.258 e. The van der Waals surface area contributed by atoms with Crippen LogP contribution in [0.15, 0.2) is 53.3 Å². The lowest BCUT2D eigenvalue weighted by Gasteiger charge is -2.25. The molecule has 4 rings (SSSR count). The first-order chi connectivity index (χ1) is 16.0. The lowest BCUT2D eigenvalue weighted by molar-refractivity contribution is -0.127. The maximum absolute atomic E-state index is 12.6. The molecule has 0 saturated heterocycles. The molecule has 1 unspecified atom stereocenters. The zero-order chi connectivity index (χ0) is 23.2. The molecule has 2 N–H and O–H groups in total. The van der Waals surface area contributed by atoms with Crippen molar-refractivity contribution in [2.75, 3.05) is 6.61 Å². The van der Waals surface area contributed by atoms with Crippen LogP contribution in [-0.2, 0) is 16.1 Å². The van der Waals surface area contributed by atoms with Crippen molar-refractivity contribution in [1.82, 2.24) is 15.3 Å². The summed E-state index contributed by atoms with van der Waals surface area (Å²) in [7, 11) is 0. The van der Waals surface area contributed by atoms with Crippen LogP contribution in [0.5, 0.6) is 0 Å². The van der Waals surface area contributed by atoms with Crippen LogP contribution in [0.4, 0.5) is 0 Å². The fourth-order valence-corrected chi connectivity index (χ4v) is 4.71. The Morgan fingerprint density at radius 2 is 1.82 bits per heavy atom. The van der Waals surface area contributed by atoms with E-state index in [1.165, 1.54) is 37.7 Å². The number of fused-ring (bicyclic) bond motifs is 1. The molecular weight excluding hydrogens is 414 g/mol. The van der Waals surface area contributed by atoms with Crippen molar-refractivity contribution in [3.8, 4) is 0 Å². The molecule has 3 aromatic rings. The number of aromatic amines is 1. The van der Waals surface area contributed by atoms with E-state index in [9.17, 15) is 9.59 Å². The summed E-state index contributed by atoms with van der Waals surface area (Å²) in [6, 6.07) is 15.8. The number of hydrogen-bond donors (Lipinski definition) is 2. The van der Waals surface area contributed by atoms with E-state index in [2.05, 4.69) is 53.4 Å². The second-order valence-corrected chi connectivity index (χ2v) is 9.31. The Kier molecular flexibility index (Phi) is 7.55. The van der Waals surface area contributed by atoms with Gasteiger partial charge in [0.1, 0.15) is 19.0 Å². The van der Waals surface area contributed by atoms with Crippen molar-refractivity contribution in [3.63, 3.8) is 0 Å². The third kappa shape index (κ3) is 5.88. The smallest absolute Gasteiger partial charge is 0.258 e. The molecule has 1 saturated carbocycles. The number of nitrogens with one attached hydrogen (secondary N) is 2. The number of para-hydroxylation sites is 1. The van der Waals surface area contributed by atoms with E-state index < -0.39 is 0 Å². The molecule has 6 nitrogen and oxygen atoms in total. The number of ether oxygens (including phenoxy) is 1. The molecule has 2 aromatic carbocycles. The van der Waals surface area contributed by atoms with E-state index in [1.807, 2.05) is 6.07 Å². The summed E-state index contributed by atoms with van der Waals surface area (Å²) in [5, 5.41) is 3.64. The third-order valence-corrected chi connectivity index (χ3v) is 6.49. The summed E-state index contributed by atoms with van der Waals surface area (Å²) in [6.07, 6.45) is 6.54. The average molecular weight is 448 g/mol. The Morgan fingerprint density at radius 1 is 1.09 bits per heavy atom. The molecule has 1 fully saturated rings. The van der Waals surface area contributed by atoms with Crippen molar-refractivity contribution in [1.29, 1.82) is 0 Å². The van der Waals surface area contributed by atoms with Crippen molar-refractivity contribution < 1.29 is 9.53 Å². The van der Waals surface area contributed by atoms with Gasteiger partial charge in [-0.3, -0.25) is 9.59 Å². The van der Waals surface area contributed by atoms with E-state index in [0.29, 0.717) is 22.6 Å². The molecular formula is C27H33N3O3. The van der Waals surface area contributed by atoms with E-state index in [4.69, 9.17) is 4.74 Å². The highest BCUT2D eigenvalue weighted by atomic mass is 16.5. The number of H-pyrrole nitrogens is 1. The van der Waals surface area contributed by atoms with Gasteiger partial charge in [-0.05, 0) is 47.9 Å². The predicted molar refractivity (Wildman–Crippen MR) is 130 cm³/mol. The number of rotatable bonds is 8. The van der Waals surface area contributed by atoms with Gasteiger partial charge in [0.05, 0.1) is 16.9 Å². The van der Waals surface area contributed by atoms with Gasteiger partial charge in [-0.15, -0.1) is 0 Å². The standard InChI is InChI=1S/C27H33N3O3/c1-18(2)26(21-14-12-20(13-15-21)19-8-4-3-5-9-19)30-25(31)17-33-16-24-28-23-11-7-6-10-22(23)27(32)29-24/h6-7,10-15,18-19,26H,3-5,8-9,16-17H2,1-2H3,(H,30,31)(H,28,29,32). The summed E-state index contributed by atoms with van der Waals surface area (Å²) in [4.78, 5) is 31.9. The molecule has 1 amide bonds. The molecule has 33 heavy (non-hydrogen) atoms. The predicted octanol–water partition coefficient (Wildman–Crippen LogP) is 5.00. The molecule has 1 aliphatic carbocycles. The summed E-state index contributed by atoms with van der Waals surface area (Å²) in [5.74, 6) is 1.13. The molecule has 1 aromatic heterocycles. The second-order valence-electron chi connectivity index (χ2n) is 9.31. The largest absolute Gasteiger partial charge is 0.364 e. The fraction of sp³-hybridized carbons (Fsp3) is 0.444. The minimum absolute atomic E-state index is 0.0654. The van der Waals surface area contributed by atoms with Crippen LogP contribution in [0, 0.1) is 5.92 Å². The van der Waals surface area contributed by atoms with Gasteiger partial charge in [-0.1, -0.05) is 69.5 Å². The normalized spacial score (nSPS) is 15.6. The maximum atomic E-state index is 12.6. The Morgan fingerprint density at radius 3 is 2.55 bits per heavy atom. The number of carbonyl (C=O) groups excluding carboxylic acids is 1. The summed E-state index contributed by atoms with van der Waals surface area (Å²) < 4.78 is 5.56. The first-order valence-electron chi connectivity index (χ1n) is 12.0. The van der Waals surface area contributed by atoms with Gasteiger partial charge in [0.15, 0.2) is 0 Å². The highest BCUT2D eigenvalue weighted by Gasteiger charge is 2.20. The Balaban J connectivity index is 1.33. The molecule has 0 aliphatic heterocycles. The lowest BCUT2D eigenvalue weighted by atomic mass is 9.83. The lowest BCUT2D eigenvalue weighted by Crippen LogP contribution is -2.34. The average Bonchev–Trinajstić information content (AvgIpc) is 2.83. The van der Waals surface area contributed by atoms with Crippen LogP contribution < -0.4 is 10.9 Å². The van der Waals surface area contributed by atoms with Crippen molar-refractivity contribution >= 4 is 16.8 Å². The Bertz CT molecular complexity index is 1130. The molecule has 1 atom stereocenters. The highest BCUT2D eigenvalue weighted by Crippen LogP contribution is 2.33. The van der Waals surface area contributed by atoms with Crippen molar-refractivity contribution in [2.45, 2.75) is 64.5 Å². The SMILES string of the molecule is CC(C)C(NC(=O)COCc1nc2ccccc2c(=O)[nH]1)c1ccc(C2CCCCC2)cc1. The van der Waals surface area contributed by atoms with Gasteiger partial charge in [-0.25, -0.2) is 4.98 Å². The minimum atomic E-state index is -0.208. The first-order valence-corrected chi connectivity index (χ1v) is 12.0. The summed E-state index contributed by atoms with van der Waals surface area (Å²) in [6.45, 7) is 4.17. The number of carbonyl (C=O) groups is 1. The van der Waals surface area contributed by atoms with Crippen molar-refractivity contribution in [3.05, 3.63) is 75.8 Å². The number of amides is 1. The van der Waals surface area contributed by atoms with E-state index in [1.54, 1.807) is 18.2 Å². The third-order valence-electron chi connectivity index (χ3n) is 6.49. The molecule has 1 aliphatic rings. The molecule has 174 valence electrons. The van der Waals surface area contributed by atoms with Gasteiger partial charge in [0.25, 0.3) is 5.56 Å². The van der Waals surface area contributed by atoms with E-state index >= 15 is 0 Å². The Labute approximate surface area is 194 Å². The molecule has 6 heteroatoms. The van der Waals surface area contributed by atoms with Crippen LogP contribution in [0.2, 0.25) is 0 Å². The van der Waals surface area contributed by atoms with Gasteiger partial charge >= 0.3 is 0 Å². The van der Waals surface area contributed by atoms with E-state index in [-0.39, 0.29) is 36.6 Å². The number of aromatic nitrogens is 2. The minimum Gasteiger partial charge on any atom is -0.364 e. The highest BCUT2D eigenvalue weighted by molar-refractivity contribution is 5.78. The topological polar surface area (TPSA) is 84.1 Å². The molecule has 1 heterocycles. The summed E-state index contributed by atoms with van der Waals surface area (Å²) in [5.41, 5.74) is 2.92. The van der Waals surface area contributed by atoms with Crippen LogP contribution in [0.1, 0.15) is 74.9 Å². The van der Waals surface area contributed by atoms with E-state index in [0.717, 1.165) is 5.56 Å². The van der Waals surface area contributed by atoms with Crippen LogP contribution >= 0.6 is 0 Å². The zero-order valence-corrected chi connectivity index (χ0v) is 19.5. The van der Waals surface area contributed by atoms with Gasteiger partial charge in [0.2, 0.25) is 5.91 Å². The van der Waals surface area contributed by atoms with Gasteiger partial charge in [-0.2, -0.15) is 0 Å². The molecule has 0 radical (unpaired) electrons. The Hall–Kier alpha value is -2.99. The number of benzene rings is 2. The number of hydrogen-bond acceptors (Lipinski definition) is 4. The van der Waals surface area contributed by atoms with Gasteiger partial charge in [0, 0.05) is 0 Å². The quantitative estimate of drug-likeness (QED) is 0.509. The second kappa shape index (κ2) is 10.8. The first kappa shape index (κ1) is 23.2.